The maximum Gasteiger partial charge on any atom is 0.228 e. The second-order valence-electron chi connectivity index (χ2n) is 7.43. The molecule has 3 N–H and O–H groups in total. The van der Waals surface area contributed by atoms with Crippen LogP contribution in [0.3, 0.4) is 0 Å². The molecule has 2 heterocycles. The molecule has 1 unspecified atom stereocenters. The van der Waals surface area contributed by atoms with Gasteiger partial charge in [0.1, 0.15) is 22.1 Å². The van der Waals surface area contributed by atoms with E-state index >= 15 is 0 Å². The average molecular weight is 432 g/mol. The van der Waals surface area contributed by atoms with E-state index in [-0.39, 0.29) is 12.0 Å². The highest BCUT2D eigenvalue weighted by Crippen LogP contribution is 2.50. The zero-order valence-corrected chi connectivity index (χ0v) is 17.0. The first kappa shape index (κ1) is 20.8. The van der Waals surface area contributed by atoms with Crippen LogP contribution in [0.4, 0.5) is 14.5 Å². The summed E-state index contributed by atoms with van der Waals surface area (Å²) in [4.78, 5) is 11.5. The van der Waals surface area contributed by atoms with Gasteiger partial charge in [-0.3, -0.25) is 4.79 Å². The van der Waals surface area contributed by atoms with Crippen LogP contribution in [-0.4, -0.2) is 29.8 Å². The maximum absolute atomic E-state index is 13.8. The number of rotatable bonds is 5. The van der Waals surface area contributed by atoms with Crippen molar-refractivity contribution in [1.29, 1.82) is 0 Å². The molecule has 0 radical (unpaired) electrons. The summed E-state index contributed by atoms with van der Waals surface area (Å²) >= 11 is 1.52. The highest BCUT2D eigenvalue weighted by Gasteiger charge is 2.53. The Morgan fingerprint density at radius 2 is 1.90 bits per heavy atom. The lowest BCUT2D eigenvalue weighted by Gasteiger charge is -2.46. The van der Waals surface area contributed by atoms with Gasteiger partial charge in [-0.25, -0.2) is 8.78 Å². The van der Waals surface area contributed by atoms with E-state index in [0.29, 0.717) is 31.7 Å². The molecule has 0 aromatic heterocycles. The molecule has 8 heteroatoms. The third-order valence-electron chi connectivity index (χ3n) is 5.52. The van der Waals surface area contributed by atoms with Crippen molar-refractivity contribution in [2.45, 2.75) is 29.7 Å². The number of aliphatic hydroxyl groups is 1. The minimum Gasteiger partial charge on any atom is -0.386 e. The Labute approximate surface area is 177 Å². The van der Waals surface area contributed by atoms with Gasteiger partial charge in [0.25, 0.3) is 0 Å². The van der Waals surface area contributed by atoms with Gasteiger partial charge < -0.3 is 20.5 Å². The summed E-state index contributed by atoms with van der Waals surface area (Å²) in [7, 11) is 0. The van der Waals surface area contributed by atoms with Gasteiger partial charge in [0.15, 0.2) is 0 Å². The molecule has 1 atom stereocenters. The number of hydrogen-bond donors (Lipinski definition) is 3. The van der Waals surface area contributed by atoms with Gasteiger partial charge >= 0.3 is 0 Å². The first-order valence-corrected chi connectivity index (χ1v) is 10.5. The zero-order valence-electron chi connectivity index (χ0n) is 16.2. The zero-order chi connectivity index (χ0) is 21.2. The predicted octanol–water partition coefficient (Wildman–Crippen LogP) is 3.65. The summed E-state index contributed by atoms with van der Waals surface area (Å²) in [5, 5.41) is 19.3. The smallest absolute Gasteiger partial charge is 0.228 e. The molecule has 158 valence electrons. The Bertz CT molecular complexity index is 951. The topological polar surface area (TPSA) is 70.6 Å². The van der Waals surface area contributed by atoms with Crippen molar-refractivity contribution in [2.75, 3.05) is 18.5 Å². The second-order valence-corrected chi connectivity index (χ2v) is 8.55. The van der Waals surface area contributed by atoms with Gasteiger partial charge in [-0.05, 0) is 34.7 Å². The lowest BCUT2D eigenvalue weighted by molar-refractivity contribution is -0.115. The van der Waals surface area contributed by atoms with Crippen LogP contribution in [0.15, 0.2) is 54.1 Å². The fraction of sp³-hybridized carbons (Fsp3) is 0.318. The molecule has 0 bridgehead atoms. The minimum absolute atomic E-state index is 0.129. The van der Waals surface area contributed by atoms with Crippen molar-refractivity contribution < 1.29 is 23.4 Å². The predicted molar refractivity (Wildman–Crippen MR) is 112 cm³/mol. The quantitative estimate of drug-likeness (QED) is 0.673. The van der Waals surface area contributed by atoms with Gasteiger partial charge in [0, 0.05) is 44.0 Å². The first-order chi connectivity index (χ1) is 14.4. The van der Waals surface area contributed by atoms with Crippen LogP contribution in [0, 0.1) is 11.6 Å². The van der Waals surface area contributed by atoms with Crippen molar-refractivity contribution in [3.05, 3.63) is 76.8 Å². The van der Waals surface area contributed by atoms with Crippen molar-refractivity contribution >= 4 is 23.4 Å². The number of nitrogens with one attached hydrogen (secondary N) is 2. The standard InChI is InChI=1S/C22H22F2N2O3S/c23-17-4-1-15(19(24)14-17)13-20(27)26-18-5-2-16(3-6-18)22(25-9-12-30-22)21(28)7-10-29-11-8-21/h1-6,9,12,14,25,28H,7-8,10-11,13H2,(H,26,27). The molecule has 2 aromatic carbocycles. The van der Waals surface area contributed by atoms with E-state index in [9.17, 15) is 18.7 Å². The summed E-state index contributed by atoms with van der Waals surface area (Å²) in [6.07, 6.45) is 2.65. The Morgan fingerprint density at radius 3 is 2.53 bits per heavy atom. The van der Waals surface area contributed by atoms with Gasteiger partial charge in [-0.1, -0.05) is 30.0 Å². The van der Waals surface area contributed by atoms with E-state index in [1.165, 1.54) is 17.8 Å². The largest absolute Gasteiger partial charge is 0.386 e. The third kappa shape index (κ3) is 3.95. The summed E-state index contributed by atoms with van der Waals surface area (Å²) in [5.41, 5.74) is 0.578. The van der Waals surface area contributed by atoms with Crippen LogP contribution < -0.4 is 10.6 Å². The molecule has 1 fully saturated rings. The van der Waals surface area contributed by atoms with Crippen molar-refractivity contribution in [1.82, 2.24) is 5.32 Å². The normalized spacial score (nSPS) is 22.5. The fourth-order valence-electron chi connectivity index (χ4n) is 3.88. The number of carbonyl (C=O) groups is 1. The number of amides is 1. The number of carbonyl (C=O) groups excluding carboxylic acids is 1. The minimum atomic E-state index is -0.982. The van der Waals surface area contributed by atoms with E-state index in [2.05, 4.69) is 10.6 Å². The van der Waals surface area contributed by atoms with E-state index in [4.69, 9.17) is 4.74 Å². The number of hydrogen-bond acceptors (Lipinski definition) is 5. The van der Waals surface area contributed by atoms with Crippen LogP contribution in [-0.2, 0) is 20.8 Å². The number of thioether (sulfide) groups is 1. The summed E-state index contributed by atoms with van der Waals surface area (Å²) < 4.78 is 32.2. The lowest BCUT2D eigenvalue weighted by Crippen LogP contribution is -2.57. The van der Waals surface area contributed by atoms with Crippen LogP contribution in [0.1, 0.15) is 24.0 Å². The summed E-state index contributed by atoms with van der Waals surface area (Å²) in [6, 6.07) is 10.4. The van der Waals surface area contributed by atoms with Gasteiger partial charge in [-0.2, -0.15) is 0 Å². The molecule has 1 saturated heterocycles. The molecule has 1 amide bonds. The summed E-state index contributed by atoms with van der Waals surface area (Å²) in [5.74, 6) is -1.83. The van der Waals surface area contributed by atoms with Gasteiger partial charge in [0.05, 0.1) is 6.42 Å². The van der Waals surface area contributed by atoms with Gasteiger partial charge in [0.2, 0.25) is 5.91 Å². The lowest BCUT2D eigenvalue weighted by atomic mass is 9.81. The number of anilines is 1. The molecule has 0 aliphatic carbocycles. The van der Waals surface area contributed by atoms with E-state index in [0.717, 1.165) is 17.7 Å². The number of ether oxygens (including phenoxy) is 1. The van der Waals surface area contributed by atoms with Crippen LogP contribution >= 0.6 is 11.8 Å². The molecule has 2 aromatic rings. The van der Waals surface area contributed by atoms with Crippen molar-refractivity contribution in [2.24, 2.45) is 0 Å². The van der Waals surface area contributed by atoms with Crippen molar-refractivity contribution in [3.8, 4) is 0 Å². The Hall–Kier alpha value is -2.42. The molecule has 30 heavy (non-hydrogen) atoms. The van der Waals surface area contributed by atoms with E-state index < -0.39 is 28.0 Å². The molecular formula is C22H22F2N2O3S. The first-order valence-electron chi connectivity index (χ1n) is 9.67. The molecule has 0 saturated carbocycles. The molecule has 5 nitrogen and oxygen atoms in total. The molecule has 2 aliphatic heterocycles. The Balaban J connectivity index is 1.48. The highest BCUT2D eigenvalue weighted by molar-refractivity contribution is 8.03. The van der Waals surface area contributed by atoms with Crippen LogP contribution in [0.5, 0.6) is 0 Å². The van der Waals surface area contributed by atoms with E-state index in [1.54, 1.807) is 12.1 Å². The third-order valence-corrected chi connectivity index (χ3v) is 6.88. The second kappa shape index (κ2) is 8.37. The van der Waals surface area contributed by atoms with Crippen LogP contribution in [0.2, 0.25) is 0 Å². The monoisotopic (exact) mass is 432 g/mol. The maximum atomic E-state index is 13.8. The molecule has 2 aliphatic rings. The SMILES string of the molecule is O=C(Cc1ccc(F)cc1F)Nc1ccc(C2(C3(O)CCOCC3)NC=CS2)cc1. The average Bonchev–Trinajstić information content (AvgIpc) is 3.23. The Kier molecular flexibility index (Phi) is 5.81. The van der Waals surface area contributed by atoms with Gasteiger partial charge in [-0.15, -0.1) is 0 Å². The molecule has 4 rings (SSSR count). The Morgan fingerprint density at radius 1 is 1.17 bits per heavy atom. The van der Waals surface area contributed by atoms with E-state index in [1.807, 2.05) is 23.7 Å². The van der Waals surface area contributed by atoms with Crippen LogP contribution in [0.25, 0.3) is 0 Å². The number of halogens is 2. The van der Waals surface area contributed by atoms with Crippen molar-refractivity contribution in [3.63, 3.8) is 0 Å². The fourth-order valence-corrected chi connectivity index (χ4v) is 5.05. The highest BCUT2D eigenvalue weighted by atomic mass is 32.2. The molecular weight excluding hydrogens is 410 g/mol. The molecule has 0 spiro atoms. The summed E-state index contributed by atoms with van der Waals surface area (Å²) in [6.45, 7) is 0.989. The number of benzene rings is 2.